The summed E-state index contributed by atoms with van der Waals surface area (Å²) in [5.74, 6) is -1.21. The SMILES string of the molecule is CC(C)(C)c1cc(C(=O)N/N=C\c2ccc([O-])c([N+](=O)[O-])c2)n[nH]1. The number of nitrogens with zero attached hydrogens (tertiary/aromatic N) is 3. The molecule has 0 aliphatic rings. The van der Waals surface area contributed by atoms with Crippen molar-refractivity contribution in [2.24, 2.45) is 5.10 Å². The van der Waals surface area contributed by atoms with E-state index in [9.17, 15) is 20.0 Å². The largest absolute Gasteiger partial charge is 0.868 e. The molecule has 2 N–H and O–H groups in total. The maximum Gasteiger partial charge on any atom is 0.291 e. The third-order valence-corrected chi connectivity index (χ3v) is 3.18. The zero-order valence-electron chi connectivity index (χ0n) is 13.4. The quantitative estimate of drug-likeness (QED) is 0.496. The van der Waals surface area contributed by atoms with Crippen LogP contribution >= 0.6 is 0 Å². The van der Waals surface area contributed by atoms with Crippen molar-refractivity contribution in [1.82, 2.24) is 15.6 Å². The summed E-state index contributed by atoms with van der Waals surface area (Å²) in [5.41, 5.74) is 2.86. The van der Waals surface area contributed by atoms with Crippen LogP contribution in [0.4, 0.5) is 5.69 Å². The Morgan fingerprint density at radius 1 is 1.38 bits per heavy atom. The van der Waals surface area contributed by atoms with Crippen molar-refractivity contribution in [2.45, 2.75) is 26.2 Å². The van der Waals surface area contributed by atoms with Crippen LogP contribution in [0, 0.1) is 10.1 Å². The van der Waals surface area contributed by atoms with Gasteiger partial charge in [0, 0.05) is 22.7 Å². The van der Waals surface area contributed by atoms with Gasteiger partial charge in [0.2, 0.25) is 0 Å². The first kappa shape index (κ1) is 17.1. The molecule has 0 saturated carbocycles. The lowest BCUT2D eigenvalue weighted by molar-refractivity contribution is -0.398. The summed E-state index contributed by atoms with van der Waals surface area (Å²) < 4.78 is 0. The van der Waals surface area contributed by atoms with E-state index in [-0.39, 0.29) is 11.1 Å². The minimum atomic E-state index is -0.768. The average Bonchev–Trinajstić information content (AvgIpc) is 2.98. The summed E-state index contributed by atoms with van der Waals surface area (Å²) in [7, 11) is 0. The fraction of sp³-hybridized carbons (Fsp3) is 0.267. The minimum absolute atomic E-state index is 0.173. The second-order valence-corrected chi connectivity index (χ2v) is 6.10. The average molecular weight is 330 g/mol. The van der Waals surface area contributed by atoms with Crippen molar-refractivity contribution in [3.63, 3.8) is 0 Å². The predicted octanol–water partition coefficient (Wildman–Crippen LogP) is 1.45. The monoisotopic (exact) mass is 330 g/mol. The van der Waals surface area contributed by atoms with Crippen molar-refractivity contribution >= 4 is 17.8 Å². The molecule has 0 spiro atoms. The first-order valence-corrected chi connectivity index (χ1v) is 7.03. The molecule has 1 heterocycles. The normalized spacial score (nSPS) is 11.6. The van der Waals surface area contributed by atoms with Gasteiger partial charge in [0.15, 0.2) is 5.69 Å². The van der Waals surface area contributed by atoms with Crippen LogP contribution in [0.5, 0.6) is 5.75 Å². The molecular formula is C15H16N5O4-. The number of H-pyrrole nitrogens is 1. The zero-order chi connectivity index (χ0) is 17.9. The smallest absolute Gasteiger partial charge is 0.291 e. The molecular weight excluding hydrogens is 314 g/mol. The van der Waals surface area contributed by atoms with Crippen LogP contribution in [0.1, 0.15) is 42.5 Å². The summed E-state index contributed by atoms with van der Waals surface area (Å²) in [6, 6.07) is 5.16. The maximum atomic E-state index is 11.9. The first-order valence-electron chi connectivity index (χ1n) is 7.03. The van der Waals surface area contributed by atoms with Crippen LogP contribution in [-0.4, -0.2) is 27.2 Å². The minimum Gasteiger partial charge on any atom is -0.868 e. The molecule has 1 aromatic heterocycles. The van der Waals surface area contributed by atoms with E-state index in [1.54, 1.807) is 6.07 Å². The number of aromatic nitrogens is 2. The Kier molecular flexibility index (Phi) is 4.63. The lowest BCUT2D eigenvalue weighted by Crippen LogP contribution is -2.18. The van der Waals surface area contributed by atoms with Crippen LogP contribution in [-0.2, 0) is 5.41 Å². The van der Waals surface area contributed by atoms with E-state index in [2.05, 4.69) is 20.7 Å². The Bertz CT molecular complexity index is 804. The van der Waals surface area contributed by atoms with Gasteiger partial charge in [0.25, 0.3) is 11.6 Å². The molecule has 0 saturated heterocycles. The predicted molar refractivity (Wildman–Crippen MR) is 84.9 cm³/mol. The van der Waals surface area contributed by atoms with Crippen LogP contribution < -0.4 is 10.5 Å². The second kappa shape index (κ2) is 6.49. The standard InChI is InChI=1S/C15H17N5O4/c1-15(2,3)13-7-10(17-18-13)14(22)19-16-8-9-4-5-12(21)11(6-9)20(23)24/h4-8,21H,1-3H3,(H,17,18)(H,19,22)/p-1/b16-8-. The number of nitro groups is 1. The van der Waals surface area contributed by atoms with Gasteiger partial charge >= 0.3 is 0 Å². The van der Waals surface area contributed by atoms with Gasteiger partial charge in [-0.05, 0) is 11.8 Å². The summed E-state index contributed by atoms with van der Waals surface area (Å²) >= 11 is 0. The van der Waals surface area contributed by atoms with Crippen molar-refractivity contribution in [3.05, 3.63) is 51.3 Å². The van der Waals surface area contributed by atoms with Crippen LogP contribution in [0.2, 0.25) is 0 Å². The lowest BCUT2D eigenvalue weighted by atomic mass is 9.92. The van der Waals surface area contributed by atoms with E-state index in [0.717, 1.165) is 17.8 Å². The lowest BCUT2D eigenvalue weighted by Gasteiger charge is -2.14. The van der Waals surface area contributed by atoms with Gasteiger partial charge in [-0.15, -0.1) is 0 Å². The van der Waals surface area contributed by atoms with Crippen molar-refractivity contribution in [1.29, 1.82) is 0 Å². The molecule has 9 heteroatoms. The van der Waals surface area contributed by atoms with Gasteiger partial charge in [-0.1, -0.05) is 32.9 Å². The first-order chi connectivity index (χ1) is 11.2. The van der Waals surface area contributed by atoms with Crippen molar-refractivity contribution < 1.29 is 14.8 Å². The summed E-state index contributed by atoms with van der Waals surface area (Å²) in [6.45, 7) is 5.94. The Morgan fingerprint density at radius 3 is 2.67 bits per heavy atom. The third-order valence-electron chi connectivity index (χ3n) is 3.18. The van der Waals surface area contributed by atoms with E-state index in [4.69, 9.17) is 0 Å². The number of aromatic amines is 1. The van der Waals surface area contributed by atoms with Gasteiger partial charge < -0.3 is 5.11 Å². The molecule has 24 heavy (non-hydrogen) atoms. The number of rotatable bonds is 4. The number of hydrogen-bond acceptors (Lipinski definition) is 6. The Labute approximate surface area is 137 Å². The van der Waals surface area contributed by atoms with Gasteiger partial charge in [0.1, 0.15) is 0 Å². The molecule has 1 amide bonds. The number of nitrogens with one attached hydrogen (secondary N) is 2. The molecule has 0 aliphatic carbocycles. The molecule has 126 valence electrons. The van der Waals surface area contributed by atoms with Crippen LogP contribution in [0.25, 0.3) is 0 Å². The molecule has 1 aromatic carbocycles. The highest BCUT2D eigenvalue weighted by Gasteiger charge is 2.19. The van der Waals surface area contributed by atoms with E-state index < -0.39 is 22.3 Å². The number of carbonyl (C=O) groups is 1. The fourth-order valence-electron chi connectivity index (χ4n) is 1.80. The molecule has 9 nitrogen and oxygen atoms in total. The highest BCUT2D eigenvalue weighted by atomic mass is 16.6. The Balaban J connectivity index is 2.06. The molecule has 2 rings (SSSR count). The third kappa shape index (κ3) is 3.94. The number of hydrazone groups is 1. The summed E-state index contributed by atoms with van der Waals surface area (Å²) in [6.07, 6.45) is 1.21. The number of benzene rings is 1. The molecule has 2 aromatic rings. The van der Waals surface area contributed by atoms with E-state index in [0.29, 0.717) is 5.56 Å². The van der Waals surface area contributed by atoms with Gasteiger partial charge in [0.05, 0.1) is 11.1 Å². The van der Waals surface area contributed by atoms with Crippen LogP contribution in [0.3, 0.4) is 0 Å². The van der Waals surface area contributed by atoms with Crippen LogP contribution in [0.15, 0.2) is 29.4 Å². The van der Waals surface area contributed by atoms with E-state index in [1.165, 1.54) is 12.3 Å². The molecule has 0 bridgehead atoms. The number of nitro benzene ring substituents is 1. The molecule has 0 unspecified atom stereocenters. The van der Waals surface area contributed by atoms with E-state index >= 15 is 0 Å². The van der Waals surface area contributed by atoms with Gasteiger partial charge in [-0.2, -0.15) is 10.2 Å². The molecule has 0 aliphatic heterocycles. The number of carbonyl (C=O) groups excluding carboxylic acids is 1. The highest BCUT2D eigenvalue weighted by molar-refractivity contribution is 5.93. The Morgan fingerprint density at radius 2 is 2.08 bits per heavy atom. The van der Waals surface area contributed by atoms with Crippen molar-refractivity contribution in [3.8, 4) is 5.75 Å². The summed E-state index contributed by atoms with van der Waals surface area (Å²) in [5, 5.41) is 32.4. The topological polar surface area (TPSA) is 136 Å². The number of amides is 1. The molecule has 0 radical (unpaired) electrons. The summed E-state index contributed by atoms with van der Waals surface area (Å²) in [4.78, 5) is 21.9. The zero-order valence-corrected chi connectivity index (χ0v) is 13.4. The molecule has 0 fully saturated rings. The van der Waals surface area contributed by atoms with E-state index in [1.807, 2.05) is 20.8 Å². The second-order valence-electron chi connectivity index (χ2n) is 6.10. The fourth-order valence-corrected chi connectivity index (χ4v) is 1.80. The van der Waals surface area contributed by atoms with Crippen molar-refractivity contribution in [2.75, 3.05) is 0 Å². The van der Waals surface area contributed by atoms with Gasteiger partial charge in [-0.3, -0.25) is 20.0 Å². The number of hydrogen-bond donors (Lipinski definition) is 2. The molecule has 0 atom stereocenters. The Hall–Kier alpha value is -3.23. The van der Waals surface area contributed by atoms with Gasteiger partial charge in [-0.25, -0.2) is 5.43 Å². The highest BCUT2D eigenvalue weighted by Crippen LogP contribution is 2.23. The maximum absolute atomic E-state index is 11.9.